The molecule has 0 aliphatic carbocycles. The van der Waals surface area contributed by atoms with Crippen molar-refractivity contribution < 1.29 is 14.4 Å². The number of benzene rings is 1. The molecule has 36 heavy (non-hydrogen) atoms. The Morgan fingerprint density at radius 3 is 2.28 bits per heavy atom. The van der Waals surface area contributed by atoms with Crippen LogP contribution in [0.5, 0.6) is 0 Å². The predicted octanol–water partition coefficient (Wildman–Crippen LogP) is 1.69. The normalized spacial score (nSPS) is 23.4. The molecule has 5 atom stereocenters. The van der Waals surface area contributed by atoms with E-state index in [0.717, 1.165) is 5.56 Å². The van der Waals surface area contributed by atoms with Gasteiger partial charge in [0.05, 0.1) is 18.1 Å². The molecule has 0 spiro atoms. The number of urea groups is 1. The van der Waals surface area contributed by atoms with Gasteiger partial charge in [0.25, 0.3) is 0 Å². The molecule has 3 rings (SSSR count). The highest BCUT2D eigenvalue weighted by Gasteiger charge is 2.53. The van der Waals surface area contributed by atoms with Gasteiger partial charge in [0.2, 0.25) is 11.8 Å². The lowest BCUT2D eigenvalue weighted by atomic mass is 9.85. The largest absolute Gasteiger partial charge is 0.342 e. The third kappa shape index (κ3) is 6.37. The monoisotopic (exact) mass is 500 g/mol. The van der Waals surface area contributed by atoms with E-state index in [2.05, 4.69) is 33.4 Å². The second-order valence-electron chi connectivity index (χ2n) is 11.4. The molecule has 4 N–H and O–H groups in total. The number of amides is 4. The van der Waals surface area contributed by atoms with Gasteiger partial charge in [-0.1, -0.05) is 51.1 Å². The quantitative estimate of drug-likeness (QED) is 0.435. The highest BCUT2D eigenvalue weighted by molar-refractivity contribution is 5.90. The summed E-state index contributed by atoms with van der Waals surface area (Å²) in [6, 6.07) is 8.66. The summed E-state index contributed by atoms with van der Waals surface area (Å²) in [5.41, 5.74) is 0.675. The molecule has 0 aromatic heterocycles. The maximum Gasteiger partial charge on any atom is 0.317 e. The Morgan fingerprint density at radius 2 is 1.69 bits per heavy atom. The summed E-state index contributed by atoms with van der Waals surface area (Å²) in [5, 5.41) is 12.6. The molecule has 2 aliphatic rings. The lowest BCUT2D eigenvalue weighted by Gasteiger charge is -2.37. The van der Waals surface area contributed by atoms with Gasteiger partial charge in [0.1, 0.15) is 6.04 Å². The number of fused-ring (bicyclic) bond motifs is 1. The molecule has 2 saturated heterocycles. The van der Waals surface area contributed by atoms with Crippen molar-refractivity contribution in [2.45, 2.75) is 90.8 Å². The lowest BCUT2D eigenvalue weighted by molar-refractivity contribution is -0.140. The van der Waals surface area contributed by atoms with Gasteiger partial charge < -0.3 is 31.1 Å². The maximum atomic E-state index is 14.0. The molecule has 0 unspecified atom stereocenters. The first-order valence-electron chi connectivity index (χ1n) is 13.1. The van der Waals surface area contributed by atoms with Gasteiger partial charge in [-0.2, -0.15) is 0 Å². The number of carbonyl (C=O) groups is 3. The number of likely N-dealkylation sites (N-methyl/N-ethyl adjacent to an activating group) is 1. The summed E-state index contributed by atoms with van der Waals surface area (Å²) in [6.45, 7) is 13.3. The Morgan fingerprint density at radius 1 is 1.03 bits per heavy atom. The Bertz CT molecular complexity index is 916. The van der Waals surface area contributed by atoms with Crippen LogP contribution in [0.4, 0.5) is 4.79 Å². The Labute approximate surface area is 215 Å². The van der Waals surface area contributed by atoms with E-state index in [1.807, 2.05) is 62.6 Å². The van der Waals surface area contributed by atoms with Crippen LogP contribution in [0.15, 0.2) is 30.3 Å². The van der Waals surface area contributed by atoms with E-state index in [-0.39, 0.29) is 42.0 Å². The van der Waals surface area contributed by atoms with Crippen molar-refractivity contribution in [2.24, 2.45) is 5.41 Å². The summed E-state index contributed by atoms with van der Waals surface area (Å²) in [5.74, 6) is -0.297. The summed E-state index contributed by atoms with van der Waals surface area (Å²) in [7, 11) is 1.72. The van der Waals surface area contributed by atoms with Crippen LogP contribution in [0.2, 0.25) is 0 Å². The highest BCUT2D eigenvalue weighted by Crippen LogP contribution is 2.34. The van der Waals surface area contributed by atoms with Crippen molar-refractivity contribution in [1.29, 1.82) is 0 Å². The molecule has 0 saturated carbocycles. The molecular formula is C27H44N6O3. The third-order valence-electron chi connectivity index (χ3n) is 7.22. The Kier molecular flexibility index (Phi) is 9.00. The number of nitrogens with zero attached hydrogens (tertiary/aromatic N) is 2. The number of hydrogen-bond acceptors (Lipinski definition) is 5. The fourth-order valence-electron chi connectivity index (χ4n) is 5.14. The number of carbonyl (C=O) groups excluding carboxylic acids is 3. The second kappa shape index (κ2) is 11.6. The van der Waals surface area contributed by atoms with Crippen LogP contribution >= 0.6 is 0 Å². The predicted molar refractivity (Wildman–Crippen MR) is 141 cm³/mol. The van der Waals surface area contributed by atoms with Gasteiger partial charge in [-0.05, 0) is 45.2 Å². The van der Waals surface area contributed by atoms with Gasteiger partial charge in [-0.15, -0.1) is 0 Å². The summed E-state index contributed by atoms with van der Waals surface area (Å²) < 4.78 is 0. The summed E-state index contributed by atoms with van der Waals surface area (Å²) in [6.07, 6.45) is 0.711. The molecule has 4 amide bonds. The molecule has 0 bridgehead atoms. The van der Waals surface area contributed by atoms with Crippen LogP contribution in [-0.2, 0) is 16.1 Å². The van der Waals surface area contributed by atoms with Crippen LogP contribution in [0.1, 0.15) is 53.5 Å². The molecule has 9 nitrogen and oxygen atoms in total. The zero-order valence-electron chi connectivity index (χ0n) is 22.8. The van der Waals surface area contributed by atoms with E-state index >= 15 is 0 Å². The topological polar surface area (TPSA) is 106 Å². The van der Waals surface area contributed by atoms with Gasteiger partial charge in [-0.25, -0.2) is 4.79 Å². The van der Waals surface area contributed by atoms with Crippen molar-refractivity contribution in [3.05, 3.63) is 35.9 Å². The first-order valence-corrected chi connectivity index (χ1v) is 13.1. The van der Waals surface area contributed by atoms with Crippen molar-refractivity contribution in [3.8, 4) is 0 Å². The zero-order chi connectivity index (χ0) is 26.6. The molecule has 0 radical (unpaired) electrons. The Hall–Kier alpha value is -2.65. The molecular weight excluding hydrogens is 456 g/mol. The summed E-state index contributed by atoms with van der Waals surface area (Å²) in [4.78, 5) is 43.6. The van der Waals surface area contributed by atoms with Crippen LogP contribution in [-0.4, -0.2) is 84.0 Å². The van der Waals surface area contributed by atoms with Gasteiger partial charge in [0, 0.05) is 31.7 Å². The van der Waals surface area contributed by atoms with Crippen molar-refractivity contribution in [3.63, 3.8) is 0 Å². The smallest absolute Gasteiger partial charge is 0.317 e. The van der Waals surface area contributed by atoms with Crippen LogP contribution in [0.3, 0.4) is 0 Å². The van der Waals surface area contributed by atoms with Crippen LogP contribution in [0, 0.1) is 5.41 Å². The van der Waals surface area contributed by atoms with E-state index in [4.69, 9.17) is 0 Å². The van der Waals surface area contributed by atoms with E-state index < -0.39 is 17.5 Å². The minimum atomic E-state index is -0.673. The van der Waals surface area contributed by atoms with E-state index in [1.54, 1.807) is 14.0 Å². The fraction of sp³-hybridized carbons (Fsp3) is 0.667. The van der Waals surface area contributed by atoms with E-state index in [0.29, 0.717) is 26.1 Å². The average molecular weight is 501 g/mol. The molecule has 1 aromatic rings. The number of nitrogens with one attached hydrogen (secondary N) is 4. The molecule has 1 aromatic carbocycles. The van der Waals surface area contributed by atoms with Gasteiger partial charge >= 0.3 is 6.03 Å². The van der Waals surface area contributed by atoms with Crippen LogP contribution in [0.25, 0.3) is 0 Å². The Balaban J connectivity index is 1.85. The average Bonchev–Trinajstić information content (AvgIpc) is 3.40. The second-order valence-corrected chi connectivity index (χ2v) is 11.4. The molecule has 2 fully saturated rings. The lowest BCUT2D eigenvalue weighted by Crippen LogP contribution is -2.60. The molecule has 2 heterocycles. The van der Waals surface area contributed by atoms with Gasteiger partial charge in [0.15, 0.2) is 0 Å². The first kappa shape index (κ1) is 27.9. The number of likely N-dealkylation sites (tertiary alicyclic amines) is 2. The first-order chi connectivity index (χ1) is 16.9. The molecule has 9 heteroatoms. The van der Waals surface area contributed by atoms with Crippen molar-refractivity contribution >= 4 is 17.8 Å². The van der Waals surface area contributed by atoms with Crippen molar-refractivity contribution in [1.82, 2.24) is 31.1 Å². The number of rotatable bonds is 8. The minimum Gasteiger partial charge on any atom is -0.342 e. The van der Waals surface area contributed by atoms with Crippen LogP contribution < -0.4 is 21.3 Å². The van der Waals surface area contributed by atoms with E-state index in [9.17, 15) is 14.4 Å². The standard InChI is InChI=1S/C27H44N6O3/c1-17(2)30-26(36)33-16-20(29-15-19-11-9-8-10-12-19)22-21(33)13-14-32(22)25(35)23(27(4,5)6)31-24(34)18(3)28-7/h8-12,17-18,20-23,28-29H,13-16H2,1-7H3,(H,30,36)(H,31,34)/t18-,20-,21+,22+,23+/m0/s1. The molecule has 2 aliphatic heterocycles. The molecule has 200 valence electrons. The van der Waals surface area contributed by atoms with Gasteiger partial charge in [-0.3, -0.25) is 9.59 Å². The summed E-state index contributed by atoms with van der Waals surface area (Å²) >= 11 is 0. The minimum absolute atomic E-state index is 0.0288. The maximum absolute atomic E-state index is 14.0. The fourth-order valence-corrected chi connectivity index (χ4v) is 5.14. The third-order valence-corrected chi connectivity index (χ3v) is 7.22. The zero-order valence-corrected chi connectivity index (χ0v) is 22.8. The highest BCUT2D eigenvalue weighted by atomic mass is 16.2. The van der Waals surface area contributed by atoms with Crippen molar-refractivity contribution in [2.75, 3.05) is 20.1 Å². The number of hydrogen-bond donors (Lipinski definition) is 4. The van der Waals surface area contributed by atoms with E-state index in [1.165, 1.54) is 0 Å². The SMILES string of the molecule is CN[C@@H](C)C(=O)N[C@H](C(=O)N1CC[C@@H]2[C@H]1[C@@H](NCc1ccccc1)CN2C(=O)NC(C)C)C(C)(C)C.